The van der Waals surface area contributed by atoms with Gasteiger partial charge in [-0.15, -0.1) is 5.10 Å². The second kappa shape index (κ2) is 6.15. The van der Waals surface area contributed by atoms with Crippen molar-refractivity contribution in [1.82, 2.24) is 14.6 Å². The Morgan fingerprint density at radius 2 is 1.95 bits per heavy atom. The van der Waals surface area contributed by atoms with Gasteiger partial charge in [-0.1, -0.05) is 36.8 Å². The number of aliphatic hydroxyl groups excluding tert-OH is 1. The molecule has 0 aliphatic heterocycles. The molecule has 22 heavy (non-hydrogen) atoms. The van der Waals surface area contributed by atoms with E-state index >= 15 is 0 Å². The third kappa shape index (κ3) is 2.80. The van der Waals surface area contributed by atoms with Crippen LogP contribution in [0.4, 0.5) is 5.82 Å². The molecule has 0 aliphatic carbocycles. The number of fused-ring (bicyclic) bond motifs is 1. The van der Waals surface area contributed by atoms with Crippen molar-refractivity contribution >= 4 is 11.5 Å². The fraction of sp³-hybridized carbons (Fsp3) is 0.294. The molecule has 2 heterocycles. The topological polar surface area (TPSA) is 62.5 Å². The van der Waals surface area contributed by atoms with Crippen LogP contribution in [0.2, 0.25) is 0 Å². The van der Waals surface area contributed by atoms with Crippen LogP contribution in [0.5, 0.6) is 0 Å². The zero-order valence-corrected chi connectivity index (χ0v) is 12.8. The molecule has 0 bridgehead atoms. The molecule has 1 atom stereocenters. The molecule has 5 nitrogen and oxygen atoms in total. The number of hydrogen-bond donors (Lipinski definition) is 2. The Bertz CT molecular complexity index is 760. The first-order chi connectivity index (χ1) is 10.7. The predicted octanol–water partition coefficient (Wildman–Crippen LogP) is 2.89. The number of nitrogens with zero attached hydrogens (tertiary/aromatic N) is 3. The SMILES string of the molecule is CCC(CO)Nc1ccc2ncc(-c3ccc(C)cc3)n2n1. The van der Waals surface area contributed by atoms with Crippen LogP contribution in [-0.2, 0) is 0 Å². The molecule has 3 aromatic rings. The highest BCUT2D eigenvalue weighted by molar-refractivity contribution is 5.63. The molecule has 2 aromatic heterocycles. The van der Waals surface area contributed by atoms with E-state index in [1.54, 1.807) is 0 Å². The Morgan fingerprint density at radius 3 is 2.64 bits per heavy atom. The van der Waals surface area contributed by atoms with Crippen LogP contribution < -0.4 is 5.32 Å². The van der Waals surface area contributed by atoms with Gasteiger partial charge in [-0.2, -0.15) is 0 Å². The second-order valence-electron chi connectivity index (χ2n) is 5.43. The molecule has 0 aliphatic rings. The molecule has 1 aromatic carbocycles. The fourth-order valence-corrected chi connectivity index (χ4v) is 2.36. The van der Waals surface area contributed by atoms with Gasteiger partial charge >= 0.3 is 0 Å². The summed E-state index contributed by atoms with van der Waals surface area (Å²) in [6, 6.07) is 12.1. The highest BCUT2D eigenvalue weighted by atomic mass is 16.3. The average Bonchev–Trinajstić information content (AvgIpc) is 2.96. The first-order valence-corrected chi connectivity index (χ1v) is 7.50. The van der Waals surface area contributed by atoms with Crippen molar-refractivity contribution in [2.45, 2.75) is 26.3 Å². The van der Waals surface area contributed by atoms with Gasteiger partial charge in [0.2, 0.25) is 0 Å². The number of aliphatic hydroxyl groups is 1. The van der Waals surface area contributed by atoms with Gasteiger partial charge < -0.3 is 10.4 Å². The normalized spacial score (nSPS) is 12.5. The predicted molar refractivity (Wildman–Crippen MR) is 87.9 cm³/mol. The molecule has 2 N–H and O–H groups in total. The minimum absolute atomic E-state index is 0.0105. The molecule has 0 saturated heterocycles. The maximum Gasteiger partial charge on any atom is 0.154 e. The van der Waals surface area contributed by atoms with Gasteiger partial charge in [-0.3, -0.25) is 0 Å². The fourth-order valence-electron chi connectivity index (χ4n) is 2.36. The molecule has 0 spiro atoms. The van der Waals surface area contributed by atoms with Crippen LogP contribution in [0.3, 0.4) is 0 Å². The highest BCUT2D eigenvalue weighted by Crippen LogP contribution is 2.21. The number of aryl methyl sites for hydroxylation is 1. The van der Waals surface area contributed by atoms with Gasteiger partial charge in [0, 0.05) is 5.56 Å². The van der Waals surface area contributed by atoms with E-state index in [2.05, 4.69) is 46.6 Å². The number of benzene rings is 1. The van der Waals surface area contributed by atoms with Gasteiger partial charge in [-0.05, 0) is 25.5 Å². The zero-order chi connectivity index (χ0) is 15.5. The van der Waals surface area contributed by atoms with Crippen LogP contribution in [0.15, 0.2) is 42.6 Å². The molecule has 114 valence electrons. The Hall–Kier alpha value is -2.40. The van der Waals surface area contributed by atoms with Crippen molar-refractivity contribution in [2.75, 3.05) is 11.9 Å². The minimum atomic E-state index is 0.0105. The van der Waals surface area contributed by atoms with Gasteiger partial charge in [-0.25, -0.2) is 9.50 Å². The average molecular weight is 296 g/mol. The monoisotopic (exact) mass is 296 g/mol. The second-order valence-corrected chi connectivity index (χ2v) is 5.43. The van der Waals surface area contributed by atoms with Crippen LogP contribution in [0.1, 0.15) is 18.9 Å². The lowest BCUT2D eigenvalue weighted by molar-refractivity contribution is 0.271. The third-order valence-electron chi connectivity index (χ3n) is 3.77. The van der Waals surface area contributed by atoms with E-state index in [1.165, 1.54) is 5.56 Å². The molecular formula is C17H20N4O. The van der Waals surface area contributed by atoms with E-state index in [4.69, 9.17) is 0 Å². The number of rotatable bonds is 5. The number of aromatic nitrogens is 3. The number of hydrogen-bond acceptors (Lipinski definition) is 4. The smallest absolute Gasteiger partial charge is 0.154 e. The van der Waals surface area contributed by atoms with E-state index in [0.29, 0.717) is 0 Å². The first-order valence-electron chi connectivity index (χ1n) is 7.50. The molecule has 0 amide bonds. The molecule has 0 fully saturated rings. The van der Waals surface area contributed by atoms with E-state index < -0.39 is 0 Å². The van der Waals surface area contributed by atoms with E-state index in [9.17, 15) is 5.11 Å². The third-order valence-corrected chi connectivity index (χ3v) is 3.77. The summed E-state index contributed by atoms with van der Waals surface area (Å²) in [5, 5.41) is 17.1. The van der Waals surface area contributed by atoms with Gasteiger partial charge in [0.25, 0.3) is 0 Å². The summed E-state index contributed by atoms with van der Waals surface area (Å²) in [4.78, 5) is 4.40. The molecule has 5 heteroatoms. The Morgan fingerprint density at radius 1 is 1.18 bits per heavy atom. The van der Waals surface area contributed by atoms with Crippen molar-refractivity contribution in [3.63, 3.8) is 0 Å². The lowest BCUT2D eigenvalue weighted by atomic mass is 10.1. The summed E-state index contributed by atoms with van der Waals surface area (Å²) < 4.78 is 1.83. The maximum atomic E-state index is 9.31. The Kier molecular flexibility index (Phi) is 4.06. The van der Waals surface area contributed by atoms with Gasteiger partial charge in [0.15, 0.2) is 5.65 Å². The summed E-state index contributed by atoms with van der Waals surface area (Å²) in [7, 11) is 0. The number of anilines is 1. The number of imidazole rings is 1. The minimum Gasteiger partial charge on any atom is -0.394 e. The molecule has 3 rings (SSSR count). The van der Waals surface area contributed by atoms with E-state index in [-0.39, 0.29) is 12.6 Å². The van der Waals surface area contributed by atoms with Crippen LogP contribution in [-0.4, -0.2) is 32.4 Å². The van der Waals surface area contributed by atoms with Crippen LogP contribution in [0, 0.1) is 6.92 Å². The van der Waals surface area contributed by atoms with Crippen molar-refractivity contribution in [1.29, 1.82) is 0 Å². The maximum absolute atomic E-state index is 9.31. The standard InChI is InChI=1S/C17H20N4O/c1-3-14(11-22)19-16-8-9-17-18-10-15(21(17)20-16)13-6-4-12(2)5-7-13/h4-10,14,22H,3,11H2,1-2H3,(H,19,20). The van der Waals surface area contributed by atoms with Crippen molar-refractivity contribution in [3.05, 3.63) is 48.2 Å². The van der Waals surface area contributed by atoms with E-state index in [0.717, 1.165) is 29.1 Å². The zero-order valence-electron chi connectivity index (χ0n) is 12.8. The largest absolute Gasteiger partial charge is 0.394 e. The summed E-state index contributed by atoms with van der Waals surface area (Å²) >= 11 is 0. The van der Waals surface area contributed by atoms with Gasteiger partial charge in [0.1, 0.15) is 5.82 Å². The van der Waals surface area contributed by atoms with Crippen LogP contribution in [0.25, 0.3) is 16.9 Å². The Balaban J connectivity index is 2.00. The van der Waals surface area contributed by atoms with Crippen molar-refractivity contribution in [2.24, 2.45) is 0 Å². The molecule has 0 saturated carbocycles. The van der Waals surface area contributed by atoms with Crippen molar-refractivity contribution < 1.29 is 5.11 Å². The molecule has 0 radical (unpaired) electrons. The van der Waals surface area contributed by atoms with Crippen LogP contribution >= 0.6 is 0 Å². The van der Waals surface area contributed by atoms with Crippen molar-refractivity contribution in [3.8, 4) is 11.3 Å². The number of nitrogens with one attached hydrogen (secondary N) is 1. The quantitative estimate of drug-likeness (QED) is 0.760. The summed E-state index contributed by atoms with van der Waals surface area (Å²) in [5.41, 5.74) is 4.06. The summed E-state index contributed by atoms with van der Waals surface area (Å²) in [5.74, 6) is 0.736. The van der Waals surface area contributed by atoms with Gasteiger partial charge in [0.05, 0.1) is 24.5 Å². The van der Waals surface area contributed by atoms with E-state index in [1.807, 2.05) is 29.8 Å². The highest BCUT2D eigenvalue weighted by Gasteiger charge is 2.10. The first kappa shape index (κ1) is 14.5. The summed E-state index contributed by atoms with van der Waals surface area (Å²) in [6.45, 7) is 4.19. The summed E-state index contributed by atoms with van der Waals surface area (Å²) in [6.07, 6.45) is 2.67. The molecule has 1 unspecified atom stereocenters. The molecular weight excluding hydrogens is 276 g/mol. The lowest BCUT2D eigenvalue weighted by Crippen LogP contribution is -2.23. The lowest BCUT2D eigenvalue weighted by Gasteiger charge is -2.14. The Labute approximate surface area is 129 Å².